The van der Waals surface area contributed by atoms with Gasteiger partial charge in [0.15, 0.2) is 6.61 Å². The molecule has 0 atom stereocenters. The highest BCUT2D eigenvalue weighted by Gasteiger charge is 2.26. The summed E-state index contributed by atoms with van der Waals surface area (Å²) in [6, 6.07) is 4.80. The third-order valence-electron chi connectivity index (χ3n) is 4.27. The molecule has 0 aliphatic carbocycles. The summed E-state index contributed by atoms with van der Waals surface area (Å²) in [5.41, 5.74) is 0.711. The second-order valence-corrected chi connectivity index (χ2v) is 9.96. The van der Waals surface area contributed by atoms with Gasteiger partial charge in [0.25, 0.3) is 5.91 Å². The molecule has 26 heavy (non-hydrogen) atoms. The Bertz CT molecular complexity index is 732. The molecule has 0 unspecified atom stereocenters. The van der Waals surface area contributed by atoms with Crippen molar-refractivity contribution >= 4 is 15.9 Å². The lowest BCUT2D eigenvalue weighted by Gasteiger charge is -2.26. The van der Waals surface area contributed by atoms with E-state index >= 15 is 0 Å². The Balaban J connectivity index is 1.99. The lowest BCUT2D eigenvalue weighted by atomic mass is 9.97. The highest BCUT2D eigenvalue weighted by atomic mass is 32.2. The Kier molecular flexibility index (Phi) is 6.69. The summed E-state index contributed by atoms with van der Waals surface area (Å²) in [7, 11) is -3.46. The minimum absolute atomic E-state index is 0.00996. The zero-order chi connectivity index (χ0) is 19.4. The average molecular weight is 383 g/mol. The fourth-order valence-corrected chi connectivity index (χ4v) is 4.36. The van der Waals surface area contributed by atoms with E-state index in [0.29, 0.717) is 30.9 Å². The molecule has 1 amide bonds. The Morgan fingerprint density at radius 1 is 1.19 bits per heavy atom. The number of rotatable bonds is 6. The van der Waals surface area contributed by atoms with Gasteiger partial charge in [-0.25, -0.2) is 8.42 Å². The summed E-state index contributed by atoms with van der Waals surface area (Å²) < 4.78 is 32.5. The van der Waals surface area contributed by atoms with Crippen LogP contribution in [0.1, 0.15) is 45.6 Å². The topological polar surface area (TPSA) is 75.7 Å². The van der Waals surface area contributed by atoms with Crippen LogP contribution in [0.25, 0.3) is 0 Å². The molecular formula is C19H30N2O4S. The van der Waals surface area contributed by atoms with Gasteiger partial charge in [-0.1, -0.05) is 27.2 Å². The molecule has 1 N–H and O–H groups in total. The van der Waals surface area contributed by atoms with Gasteiger partial charge in [0.2, 0.25) is 10.0 Å². The Labute approximate surface area is 157 Å². The second kappa shape index (κ2) is 8.39. The maximum absolute atomic E-state index is 12.7. The van der Waals surface area contributed by atoms with Gasteiger partial charge in [0.05, 0.1) is 4.90 Å². The molecule has 7 heteroatoms. The fourth-order valence-electron chi connectivity index (χ4n) is 2.76. The molecule has 1 aliphatic rings. The van der Waals surface area contributed by atoms with Crippen LogP contribution in [-0.4, -0.2) is 44.9 Å². The number of carbonyl (C=O) groups is 1. The van der Waals surface area contributed by atoms with Crippen LogP contribution < -0.4 is 10.1 Å². The van der Waals surface area contributed by atoms with Crippen LogP contribution in [0.5, 0.6) is 5.75 Å². The zero-order valence-electron chi connectivity index (χ0n) is 16.2. The standard InChI is InChI=1S/C19H30N2O4S/c1-15-12-16(26(23,24)21-10-6-5-7-11-21)8-9-17(15)25-13-18(22)20-14-19(2,3)4/h8-9,12H,5-7,10-11,13-14H2,1-4H3,(H,20,22). The van der Waals surface area contributed by atoms with Crippen molar-refractivity contribution in [3.8, 4) is 5.75 Å². The number of sulfonamides is 1. The van der Waals surface area contributed by atoms with Crippen molar-refractivity contribution in [2.75, 3.05) is 26.2 Å². The van der Waals surface area contributed by atoms with Gasteiger partial charge in [-0.15, -0.1) is 0 Å². The van der Waals surface area contributed by atoms with Crippen molar-refractivity contribution in [2.45, 2.75) is 51.9 Å². The van der Waals surface area contributed by atoms with E-state index in [1.54, 1.807) is 29.4 Å². The van der Waals surface area contributed by atoms with Crippen LogP contribution >= 0.6 is 0 Å². The van der Waals surface area contributed by atoms with E-state index in [9.17, 15) is 13.2 Å². The normalized spacial score (nSPS) is 16.3. The Hall–Kier alpha value is -1.60. The number of nitrogens with one attached hydrogen (secondary N) is 1. The van der Waals surface area contributed by atoms with Gasteiger partial charge < -0.3 is 10.1 Å². The van der Waals surface area contributed by atoms with E-state index in [4.69, 9.17) is 4.74 Å². The fraction of sp³-hybridized carbons (Fsp3) is 0.632. The maximum Gasteiger partial charge on any atom is 0.257 e. The lowest BCUT2D eigenvalue weighted by Crippen LogP contribution is -2.35. The minimum atomic E-state index is -3.46. The molecule has 0 bridgehead atoms. The van der Waals surface area contributed by atoms with Gasteiger partial charge in [-0.05, 0) is 48.9 Å². The number of benzene rings is 1. The van der Waals surface area contributed by atoms with Gasteiger partial charge in [0, 0.05) is 19.6 Å². The van der Waals surface area contributed by atoms with Crippen molar-refractivity contribution in [3.05, 3.63) is 23.8 Å². The largest absolute Gasteiger partial charge is 0.484 e. The molecule has 1 aliphatic heterocycles. The van der Waals surface area contributed by atoms with E-state index < -0.39 is 10.0 Å². The first kappa shape index (κ1) is 20.7. The summed E-state index contributed by atoms with van der Waals surface area (Å²) in [5, 5.41) is 2.82. The monoisotopic (exact) mass is 382 g/mol. The Morgan fingerprint density at radius 3 is 2.42 bits per heavy atom. The molecule has 1 aromatic carbocycles. The molecule has 1 saturated heterocycles. The summed E-state index contributed by atoms with van der Waals surface area (Å²) >= 11 is 0. The van der Waals surface area contributed by atoms with Crippen molar-refractivity contribution in [2.24, 2.45) is 5.41 Å². The van der Waals surface area contributed by atoms with Crippen LogP contribution in [0.4, 0.5) is 0 Å². The molecule has 1 aromatic rings. The van der Waals surface area contributed by atoms with Crippen molar-refractivity contribution in [1.82, 2.24) is 9.62 Å². The van der Waals surface area contributed by atoms with Crippen LogP contribution in [0, 0.1) is 12.3 Å². The molecule has 0 radical (unpaired) electrons. The van der Waals surface area contributed by atoms with E-state index in [0.717, 1.165) is 19.3 Å². The molecule has 0 saturated carbocycles. The van der Waals surface area contributed by atoms with Gasteiger partial charge in [-0.3, -0.25) is 4.79 Å². The predicted molar refractivity (Wildman–Crippen MR) is 102 cm³/mol. The SMILES string of the molecule is Cc1cc(S(=O)(=O)N2CCCCC2)ccc1OCC(=O)NCC(C)(C)C. The highest BCUT2D eigenvalue weighted by molar-refractivity contribution is 7.89. The molecule has 6 nitrogen and oxygen atoms in total. The number of piperidine rings is 1. The summed E-state index contributed by atoms with van der Waals surface area (Å²) in [5.74, 6) is 0.331. The Morgan fingerprint density at radius 2 is 1.85 bits per heavy atom. The molecule has 1 fully saturated rings. The van der Waals surface area contributed by atoms with Crippen LogP contribution in [0.2, 0.25) is 0 Å². The molecule has 146 valence electrons. The van der Waals surface area contributed by atoms with Crippen LogP contribution in [0.3, 0.4) is 0 Å². The number of hydrogen-bond acceptors (Lipinski definition) is 4. The van der Waals surface area contributed by atoms with Crippen LogP contribution in [-0.2, 0) is 14.8 Å². The van der Waals surface area contributed by atoms with Crippen LogP contribution in [0.15, 0.2) is 23.1 Å². The van der Waals surface area contributed by atoms with Crippen molar-refractivity contribution < 1.29 is 17.9 Å². The van der Waals surface area contributed by atoms with E-state index in [1.807, 2.05) is 20.8 Å². The number of ether oxygens (including phenoxy) is 1. The average Bonchev–Trinajstić information content (AvgIpc) is 2.59. The molecule has 1 heterocycles. The first-order valence-electron chi connectivity index (χ1n) is 9.10. The third kappa shape index (κ3) is 5.71. The first-order chi connectivity index (χ1) is 12.1. The molecule has 0 aromatic heterocycles. The molecule has 0 spiro atoms. The van der Waals surface area contributed by atoms with Gasteiger partial charge in [0.1, 0.15) is 5.75 Å². The van der Waals surface area contributed by atoms with Crippen molar-refractivity contribution in [3.63, 3.8) is 0 Å². The minimum Gasteiger partial charge on any atom is -0.484 e. The number of hydrogen-bond donors (Lipinski definition) is 1. The molecular weight excluding hydrogens is 352 g/mol. The van der Waals surface area contributed by atoms with E-state index in [-0.39, 0.29) is 22.8 Å². The smallest absolute Gasteiger partial charge is 0.257 e. The number of amides is 1. The quantitative estimate of drug-likeness (QED) is 0.821. The van der Waals surface area contributed by atoms with E-state index in [1.165, 1.54) is 0 Å². The maximum atomic E-state index is 12.7. The van der Waals surface area contributed by atoms with Crippen molar-refractivity contribution in [1.29, 1.82) is 0 Å². The van der Waals surface area contributed by atoms with E-state index in [2.05, 4.69) is 5.32 Å². The highest BCUT2D eigenvalue weighted by Crippen LogP contribution is 2.25. The zero-order valence-corrected chi connectivity index (χ0v) is 17.0. The summed E-state index contributed by atoms with van der Waals surface area (Å²) in [6.45, 7) is 9.55. The third-order valence-corrected chi connectivity index (χ3v) is 6.17. The summed E-state index contributed by atoms with van der Waals surface area (Å²) in [6.07, 6.45) is 2.89. The van der Waals surface area contributed by atoms with Gasteiger partial charge >= 0.3 is 0 Å². The first-order valence-corrected chi connectivity index (χ1v) is 10.5. The molecule has 2 rings (SSSR count). The van der Waals surface area contributed by atoms with Gasteiger partial charge in [-0.2, -0.15) is 4.31 Å². The lowest BCUT2D eigenvalue weighted by molar-refractivity contribution is -0.123. The number of aryl methyl sites for hydroxylation is 1. The second-order valence-electron chi connectivity index (χ2n) is 8.02. The predicted octanol–water partition coefficient (Wildman–Crippen LogP) is 2.71. The number of nitrogens with zero attached hydrogens (tertiary/aromatic N) is 1. The summed E-state index contributed by atoms with van der Waals surface area (Å²) in [4.78, 5) is 12.1. The number of carbonyl (C=O) groups excluding carboxylic acids is 1.